The minimum atomic E-state index is 0.416. The van der Waals surface area contributed by atoms with E-state index in [0.717, 1.165) is 44.7 Å². The van der Waals surface area contributed by atoms with Crippen molar-refractivity contribution in [3.8, 4) is 0 Å². The summed E-state index contributed by atoms with van der Waals surface area (Å²) in [5.41, 5.74) is 0.416. The van der Waals surface area contributed by atoms with Crippen LogP contribution in [0.25, 0.3) is 0 Å². The van der Waals surface area contributed by atoms with Gasteiger partial charge in [-0.2, -0.15) is 11.8 Å². The molecular weight excluding hydrogens is 270 g/mol. The van der Waals surface area contributed by atoms with E-state index < -0.39 is 0 Å². The third-order valence-corrected chi connectivity index (χ3v) is 6.07. The average molecular weight is 297 g/mol. The van der Waals surface area contributed by atoms with Crippen LogP contribution in [-0.2, 0) is 4.74 Å². The summed E-state index contributed by atoms with van der Waals surface area (Å²) in [6.45, 7) is 5.23. The van der Waals surface area contributed by atoms with Crippen LogP contribution in [-0.4, -0.2) is 62.3 Å². The van der Waals surface area contributed by atoms with Gasteiger partial charge in [0.2, 0.25) is 0 Å². The molecule has 3 aliphatic rings. The van der Waals surface area contributed by atoms with Crippen molar-refractivity contribution in [2.24, 2.45) is 16.3 Å². The van der Waals surface area contributed by atoms with E-state index >= 15 is 0 Å². The van der Waals surface area contributed by atoms with Gasteiger partial charge in [0, 0.05) is 38.7 Å². The molecule has 3 heterocycles. The first-order valence-electron chi connectivity index (χ1n) is 7.92. The molecular formula is C15H27N3OS. The third-order valence-electron chi connectivity index (χ3n) is 5.02. The maximum Gasteiger partial charge on any atom is 0.193 e. The highest BCUT2D eigenvalue weighted by molar-refractivity contribution is 7.99. The Bertz CT molecular complexity index is 349. The number of likely N-dealkylation sites (tertiary alicyclic amines) is 1. The first-order chi connectivity index (χ1) is 9.81. The van der Waals surface area contributed by atoms with Gasteiger partial charge in [-0.1, -0.05) is 0 Å². The molecule has 1 N–H and O–H groups in total. The van der Waals surface area contributed by atoms with E-state index in [9.17, 15) is 0 Å². The lowest BCUT2D eigenvalue weighted by molar-refractivity contribution is 0.156. The molecule has 0 aromatic heterocycles. The quantitative estimate of drug-likeness (QED) is 0.623. The minimum Gasteiger partial charge on any atom is -0.381 e. The Labute approximate surface area is 126 Å². The predicted molar refractivity (Wildman–Crippen MR) is 85.5 cm³/mol. The molecule has 3 rings (SSSR count). The summed E-state index contributed by atoms with van der Waals surface area (Å²) < 4.78 is 5.61. The lowest BCUT2D eigenvalue weighted by atomic mass is 9.87. The highest BCUT2D eigenvalue weighted by atomic mass is 32.2. The number of nitrogens with zero attached hydrogens (tertiary/aromatic N) is 2. The molecule has 1 atom stereocenters. The lowest BCUT2D eigenvalue weighted by Crippen LogP contribution is -2.43. The summed E-state index contributed by atoms with van der Waals surface area (Å²) in [6, 6.07) is 0. The highest BCUT2D eigenvalue weighted by Gasteiger charge is 2.42. The zero-order chi connectivity index (χ0) is 13.8. The molecule has 0 radical (unpaired) electrons. The zero-order valence-corrected chi connectivity index (χ0v) is 13.4. The highest BCUT2D eigenvalue weighted by Crippen LogP contribution is 2.38. The first-order valence-corrected chi connectivity index (χ1v) is 9.08. The maximum atomic E-state index is 5.61. The fourth-order valence-electron chi connectivity index (χ4n) is 3.61. The molecule has 0 aliphatic carbocycles. The summed E-state index contributed by atoms with van der Waals surface area (Å²) in [5, 5.41) is 3.61. The Morgan fingerprint density at radius 3 is 2.95 bits per heavy atom. The monoisotopic (exact) mass is 297 g/mol. The van der Waals surface area contributed by atoms with Crippen LogP contribution >= 0.6 is 11.8 Å². The smallest absolute Gasteiger partial charge is 0.193 e. The van der Waals surface area contributed by atoms with Crippen LogP contribution in [0, 0.1) is 11.3 Å². The Morgan fingerprint density at radius 1 is 1.40 bits per heavy atom. The number of ether oxygens (including phenoxy) is 1. The van der Waals surface area contributed by atoms with E-state index in [0.29, 0.717) is 5.41 Å². The van der Waals surface area contributed by atoms with Crippen molar-refractivity contribution < 1.29 is 4.74 Å². The molecule has 0 aromatic carbocycles. The van der Waals surface area contributed by atoms with Gasteiger partial charge in [-0.25, -0.2) is 0 Å². The number of guanidine groups is 1. The van der Waals surface area contributed by atoms with Crippen LogP contribution in [0.2, 0.25) is 0 Å². The van der Waals surface area contributed by atoms with E-state index in [2.05, 4.69) is 27.0 Å². The van der Waals surface area contributed by atoms with Crippen molar-refractivity contribution in [1.29, 1.82) is 0 Å². The van der Waals surface area contributed by atoms with E-state index in [-0.39, 0.29) is 0 Å². The molecule has 0 amide bonds. The summed E-state index contributed by atoms with van der Waals surface area (Å²) in [7, 11) is 1.91. The molecule has 5 heteroatoms. The topological polar surface area (TPSA) is 36.9 Å². The largest absolute Gasteiger partial charge is 0.381 e. The van der Waals surface area contributed by atoms with Gasteiger partial charge in [-0.05, 0) is 43.1 Å². The van der Waals surface area contributed by atoms with Crippen LogP contribution in [0.3, 0.4) is 0 Å². The number of aliphatic imine (C=N–C) groups is 1. The number of hydrogen-bond acceptors (Lipinski definition) is 3. The summed E-state index contributed by atoms with van der Waals surface area (Å²) in [5.74, 6) is 4.59. The SMILES string of the molecule is CN=C(NCC1CCSCC1)N1CCC2(CCOC2)C1. The van der Waals surface area contributed by atoms with E-state index in [1.807, 2.05) is 7.05 Å². The van der Waals surface area contributed by atoms with Crippen molar-refractivity contribution >= 4 is 17.7 Å². The average Bonchev–Trinajstić information content (AvgIpc) is 3.12. The zero-order valence-electron chi connectivity index (χ0n) is 12.6. The number of rotatable bonds is 2. The summed E-state index contributed by atoms with van der Waals surface area (Å²) >= 11 is 2.09. The van der Waals surface area contributed by atoms with Crippen LogP contribution < -0.4 is 5.32 Å². The van der Waals surface area contributed by atoms with Gasteiger partial charge in [0.15, 0.2) is 5.96 Å². The summed E-state index contributed by atoms with van der Waals surface area (Å²) in [6.07, 6.45) is 5.19. The van der Waals surface area contributed by atoms with Gasteiger partial charge in [0.25, 0.3) is 0 Å². The minimum absolute atomic E-state index is 0.416. The Hall–Kier alpha value is -0.420. The molecule has 0 aromatic rings. The molecule has 1 unspecified atom stereocenters. The van der Waals surface area contributed by atoms with Gasteiger partial charge in [0.05, 0.1) is 6.61 Å². The van der Waals surface area contributed by atoms with Gasteiger partial charge in [-0.3, -0.25) is 4.99 Å². The molecule has 1 spiro atoms. The van der Waals surface area contributed by atoms with E-state index in [1.165, 1.54) is 37.2 Å². The molecule has 3 aliphatic heterocycles. The molecule has 0 saturated carbocycles. The Morgan fingerprint density at radius 2 is 2.25 bits per heavy atom. The third kappa shape index (κ3) is 3.25. The van der Waals surface area contributed by atoms with Gasteiger partial charge >= 0.3 is 0 Å². The fraction of sp³-hybridized carbons (Fsp3) is 0.933. The molecule has 3 fully saturated rings. The van der Waals surface area contributed by atoms with Crippen LogP contribution in [0.1, 0.15) is 25.7 Å². The first kappa shape index (κ1) is 14.5. The molecule has 3 saturated heterocycles. The maximum absolute atomic E-state index is 5.61. The molecule has 114 valence electrons. The van der Waals surface area contributed by atoms with Crippen LogP contribution in [0.5, 0.6) is 0 Å². The van der Waals surface area contributed by atoms with E-state index in [1.54, 1.807) is 0 Å². The Kier molecular flexibility index (Phi) is 4.76. The standard InChI is InChI=1S/C15H27N3OS/c1-16-14(17-10-13-2-8-20-9-3-13)18-6-4-15(11-18)5-7-19-12-15/h13H,2-12H2,1H3,(H,16,17). The van der Waals surface area contributed by atoms with Crippen LogP contribution in [0.15, 0.2) is 4.99 Å². The Balaban J connectivity index is 1.49. The molecule has 4 nitrogen and oxygen atoms in total. The van der Waals surface area contributed by atoms with Crippen molar-refractivity contribution in [1.82, 2.24) is 10.2 Å². The normalized spacial score (nSPS) is 32.2. The second kappa shape index (κ2) is 6.56. The number of hydrogen-bond donors (Lipinski definition) is 1. The lowest BCUT2D eigenvalue weighted by Gasteiger charge is -2.27. The summed E-state index contributed by atoms with van der Waals surface area (Å²) in [4.78, 5) is 6.93. The van der Waals surface area contributed by atoms with Gasteiger partial charge < -0.3 is 15.0 Å². The molecule has 20 heavy (non-hydrogen) atoms. The number of thioether (sulfide) groups is 1. The molecule has 0 bridgehead atoms. The van der Waals surface area contributed by atoms with Gasteiger partial charge in [0.1, 0.15) is 0 Å². The number of nitrogens with one attached hydrogen (secondary N) is 1. The fourth-order valence-corrected chi connectivity index (χ4v) is 4.81. The van der Waals surface area contributed by atoms with Crippen molar-refractivity contribution in [2.75, 3.05) is 51.4 Å². The predicted octanol–water partition coefficient (Wildman–Crippen LogP) is 1.82. The second-order valence-corrected chi connectivity index (χ2v) is 7.68. The van der Waals surface area contributed by atoms with Crippen molar-refractivity contribution in [3.63, 3.8) is 0 Å². The van der Waals surface area contributed by atoms with Crippen molar-refractivity contribution in [2.45, 2.75) is 25.7 Å². The van der Waals surface area contributed by atoms with E-state index in [4.69, 9.17) is 4.74 Å². The second-order valence-electron chi connectivity index (χ2n) is 6.46. The van der Waals surface area contributed by atoms with Crippen LogP contribution in [0.4, 0.5) is 0 Å². The van der Waals surface area contributed by atoms with Crippen molar-refractivity contribution in [3.05, 3.63) is 0 Å². The van der Waals surface area contributed by atoms with Gasteiger partial charge in [-0.15, -0.1) is 0 Å².